The van der Waals surface area contributed by atoms with Gasteiger partial charge in [0.2, 0.25) is 5.82 Å². The molecule has 0 aliphatic rings. The second-order valence-corrected chi connectivity index (χ2v) is 7.10. The number of amidine groups is 1. The smallest absolute Gasteiger partial charge is 0.202 e. The molecule has 0 aliphatic heterocycles. The van der Waals surface area contributed by atoms with Crippen molar-refractivity contribution < 1.29 is 18.4 Å². The lowest BCUT2D eigenvalue weighted by Gasteiger charge is -2.05. The van der Waals surface area contributed by atoms with Crippen LogP contribution in [0.2, 0.25) is 0 Å². The Morgan fingerprint density at radius 1 is 1.50 bits per heavy atom. The van der Waals surface area contributed by atoms with Crippen LogP contribution in [0.5, 0.6) is 0 Å². The van der Waals surface area contributed by atoms with Crippen LogP contribution < -0.4 is 10.8 Å². The summed E-state index contributed by atoms with van der Waals surface area (Å²) in [4.78, 5) is 4.15. The lowest BCUT2D eigenvalue weighted by atomic mass is 10.3. The standard InChI is InChI=1S/C13H15BrFN5O3S/c1-24(22)6-2-5-16-12-11(19-23-20-12)13(18-21)17-8-3-4-10(15)9(14)7-8/h3-4,7,21H,2,5-6H2,1H3,(H,16,20)(H,17,18). The highest BCUT2D eigenvalue weighted by atomic mass is 79.9. The molecule has 2 aromatic rings. The second-order valence-electron chi connectivity index (χ2n) is 4.69. The fourth-order valence-corrected chi connectivity index (χ4v) is 2.67. The highest BCUT2D eigenvalue weighted by Crippen LogP contribution is 2.23. The molecule has 0 radical (unpaired) electrons. The first-order chi connectivity index (χ1) is 11.5. The largest absolute Gasteiger partial charge is 0.365 e. The number of aliphatic imine (C=N–C) groups is 1. The summed E-state index contributed by atoms with van der Waals surface area (Å²) in [6, 6.07) is 4.13. The van der Waals surface area contributed by atoms with Crippen LogP contribution in [0.15, 0.2) is 32.3 Å². The van der Waals surface area contributed by atoms with E-state index in [9.17, 15) is 13.8 Å². The molecule has 1 heterocycles. The molecular weight excluding hydrogens is 405 g/mol. The molecule has 2 rings (SSSR count). The van der Waals surface area contributed by atoms with Crippen LogP contribution in [0.3, 0.4) is 0 Å². The van der Waals surface area contributed by atoms with Crippen molar-refractivity contribution in [2.24, 2.45) is 4.99 Å². The number of hydroxylamine groups is 1. The van der Waals surface area contributed by atoms with Gasteiger partial charge < -0.3 is 5.32 Å². The maximum absolute atomic E-state index is 13.3. The van der Waals surface area contributed by atoms with E-state index >= 15 is 0 Å². The molecule has 0 amide bonds. The predicted octanol–water partition coefficient (Wildman–Crippen LogP) is 2.21. The van der Waals surface area contributed by atoms with Crippen molar-refractivity contribution >= 4 is 44.1 Å². The van der Waals surface area contributed by atoms with Crippen LogP contribution in [0, 0.1) is 5.82 Å². The van der Waals surface area contributed by atoms with Gasteiger partial charge in [0.25, 0.3) is 0 Å². The van der Waals surface area contributed by atoms with E-state index in [1.165, 1.54) is 18.2 Å². The minimum atomic E-state index is -0.871. The van der Waals surface area contributed by atoms with Gasteiger partial charge in [0.1, 0.15) is 5.82 Å². The number of hydrogen-bond acceptors (Lipinski definition) is 7. The van der Waals surface area contributed by atoms with Crippen LogP contribution in [0.25, 0.3) is 0 Å². The number of anilines is 1. The molecule has 130 valence electrons. The van der Waals surface area contributed by atoms with Gasteiger partial charge in [-0.25, -0.2) is 14.0 Å². The molecule has 0 aliphatic carbocycles. The van der Waals surface area contributed by atoms with Gasteiger partial charge in [-0.05, 0) is 50.9 Å². The summed E-state index contributed by atoms with van der Waals surface area (Å²) in [6.45, 7) is 0.502. The summed E-state index contributed by atoms with van der Waals surface area (Å²) in [7, 11) is -0.871. The van der Waals surface area contributed by atoms with Crippen molar-refractivity contribution in [2.45, 2.75) is 6.42 Å². The van der Waals surface area contributed by atoms with Gasteiger partial charge in [-0.3, -0.25) is 14.9 Å². The van der Waals surface area contributed by atoms with E-state index < -0.39 is 16.6 Å². The molecule has 0 saturated heterocycles. The average Bonchev–Trinajstić information content (AvgIpc) is 3.00. The monoisotopic (exact) mass is 419 g/mol. The number of halogens is 2. The SMILES string of the molecule is CS(=O)CCCNc1nonc1C(=Nc1ccc(F)c(Br)c1)NO. The van der Waals surface area contributed by atoms with Crippen LogP contribution >= 0.6 is 15.9 Å². The third kappa shape index (κ3) is 5.08. The first-order valence-electron chi connectivity index (χ1n) is 6.82. The zero-order valence-electron chi connectivity index (χ0n) is 12.6. The Hall–Kier alpha value is -1.85. The molecule has 3 N–H and O–H groups in total. The fourth-order valence-electron chi connectivity index (χ4n) is 1.76. The first-order valence-corrected chi connectivity index (χ1v) is 9.34. The van der Waals surface area contributed by atoms with Gasteiger partial charge in [-0.2, -0.15) is 0 Å². The Labute approximate surface area is 148 Å². The van der Waals surface area contributed by atoms with Gasteiger partial charge in [0, 0.05) is 29.4 Å². The van der Waals surface area contributed by atoms with Gasteiger partial charge in [-0.15, -0.1) is 0 Å². The fraction of sp³-hybridized carbons (Fsp3) is 0.308. The molecule has 1 unspecified atom stereocenters. The molecule has 0 saturated carbocycles. The Bertz CT molecular complexity index is 755. The highest BCUT2D eigenvalue weighted by molar-refractivity contribution is 9.10. The maximum Gasteiger partial charge on any atom is 0.202 e. The lowest BCUT2D eigenvalue weighted by molar-refractivity contribution is 0.234. The third-order valence-corrected chi connectivity index (χ3v) is 4.34. The molecule has 0 spiro atoms. The molecule has 1 atom stereocenters. The Balaban J connectivity index is 2.15. The number of aromatic nitrogens is 2. The number of hydrogen-bond donors (Lipinski definition) is 3. The Morgan fingerprint density at radius 2 is 2.29 bits per heavy atom. The van der Waals surface area contributed by atoms with Crippen LogP contribution in [-0.4, -0.2) is 44.1 Å². The number of nitrogens with one attached hydrogen (secondary N) is 2. The van der Waals surface area contributed by atoms with E-state index in [1.54, 1.807) is 6.26 Å². The number of rotatable bonds is 7. The van der Waals surface area contributed by atoms with Crippen molar-refractivity contribution in [2.75, 3.05) is 23.9 Å². The molecule has 8 nitrogen and oxygen atoms in total. The molecule has 24 heavy (non-hydrogen) atoms. The lowest BCUT2D eigenvalue weighted by Crippen LogP contribution is -2.22. The van der Waals surface area contributed by atoms with Crippen molar-refractivity contribution in [3.63, 3.8) is 0 Å². The highest BCUT2D eigenvalue weighted by Gasteiger charge is 2.16. The number of nitrogens with zero attached hydrogens (tertiary/aromatic N) is 3. The van der Waals surface area contributed by atoms with E-state index in [2.05, 4.69) is 41.2 Å². The van der Waals surface area contributed by atoms with Gasteiger partial charge in [0.15, 0.2) is 11.5 Å². The maximum atomic E-state index is 13.3. The molecule has 0 bridgehead atoms. The predicted molar refractivity (Wildman–Crippen MR) is 91.6 cm³/mol. The van der Waals surface area contributed by atoms with Gasteiger partial charge in [-0.1, -0.05) is 0 Å². The Morgan fingerprint density at radius 3 is 2.96 bits per heavy atom. The normalized spacial score (nSPS) is 12.9. The zero-order valence-corrected chi connectivity index (χ0v) is 15.0. The minimum absolute atomic E-state index is 0.0173. The van der Waals surface area contributed by atoms with E-state index in [1.807, 2.05) is 5.48 Å². The van der Waals surface area contributed by atoms with Gasteiger partial charge >= 0.3 is 0 Å². The molecule has 1 aromatic heterocycles. The van der Waals surface area contributed by atoms with Crippen LogP contribution in [0.4, 0.5) is 15.9 Å². The van der Waals surface area contributed by atoms with Gasteiger partial charge in [0.05, 0.1) is 10.2 Å². The Kier molecular flexibility index (Phi) is 6.82. The van der Waals surface area contributed by atoms with Crippen molar-refractivity contribution in [3.8, 4) is 0 Å². The number of benzene rings is 1. The van der Waals surface area contributed by atoms with Crippen molar-refractivity contribution in [1.82, 2.24) is 15.8 Å². The van der Waals surface area contributed by atoms with Crippen LogP contribution in [-0.2, 0) is 10.8 Å². The van der Waals surface area contributed by atoms with Crippen LogP contribution in [0.1, 0.15) is 12.1 Å². The quantitative estimate of drug-likeness (QED) is 0.273. The zero-order chi connectivity index (χ0) is 17.5. The molecular formula is C13H15BrFN5O3S. The molecule has 11 heteroatoms. The summed E-state index contributed by atoms with van der Waals surface area (Å²) < 4.78 is 29.2. The third-order valence-electron chi connectivity index (χ3n) is 2.86. The summed E-state index contributed by atoms with van der Waals surface area (Å²) in [5, 5.41) is 19.7. The summed E-state index contributed by atoms with van der Waals surface area (Å²) in [5.74, 6) is 0.386. The second kappa shape index (κ2) is 8.85. The topological polar surface area (TPSA) is 113 Å². The van der Waals surface area contributed by atoms with Crippen molar-refractivity contribution in [1.29, 1.82) is 0 Å². The first kappa shape index (κ1) is 18.5. The van der Waals surface area contributed by atoms with E-state index in [-0.39, 0.29) is 21.8 Å². The van der Waals surface area contributed by atoms with E-state index in [0.29, 0.717) is 24.4 Å². The summed E-state index contributed by atoms with van der Waals surface area (Å²) >= 11 is 3.06. The molecule has 1 aromatic carbocycles. The minimum Gasteiger partial charge on any atom is -0.365 e. The van der Waals surface area contributed by atoms with Crippen molar-refractivity contribution in [3.05, 3.63) is 34.2 Å². The summed E-state index contributed by atoms with van der Waals surface area (Å²) in [6.07, 6.45) is 2.30. The average molecular weight is 420 g/mol. The van der Waals surface area contributed by atoms with E-state index in [4.69, 9.17) is 0 Å². The summed E-state index contributed by atoms with van der Waals surface area (Å²) in [5.41, 5.74) is 2.47. The molecule has 0 fully saturated rings. The van der Waals surface area contributed by atoms with E-state index in [0.717, 1.165) is 0 Å².